The van der Waals surface area contributed by atoms with Crippen molar-refractivity contribution in [1.82, 2.24) is 5.32 Å². The molecular weight excluding hydrogens is 222 g/mol. The molecule has 0 bridgehead atoms. The van der Waals surface area contributed by atoms with E-state index in [1.54, 1.807) is 0 Å². The van der Waals surface area contributed by atoms with Crippen LogP contribution in [0, 0.1) is 5.92 Å². The molecule has 1 amide bonds. The van der Waals surface area contributed by atoms with Crippen LogP contribution >= 0.6 is 0 Å². The normalized spacial score (nSPS) is 12.2. The van der Waals surface area contributed by atoms with Crippen molar-refractivity contribution in [1.29, 1.82) is 0 Å². The summed E-state index contributed by atoms with van der Waals surface area (Å²) < 4.78 is 4.88. The third-order valence-electron chi connectivity index (χ3n) is 2.23. The van der Waals surface area contributed by atoms with E-state index in [1.165, 1.54) is 0 Å². The summed E-state index contributed by atoms with van der Waals surface area (Å²) in [6.45, 7) is 6.18. The maximum absolute atomic E-state index is 11.3. The smallest absolute Gasteiger partial charge is 0.407 e. The Labute approximate surface area is 103 Å². The quantitative estimate of drug-likeness (QED) is 0.644. The lowest BCUT2D eigenvalue weighted by molar-refractivity contribution is -0.139. The molecule has 0 fully saturated rings. The Hall–Kier alpha value is -1.26. The van der Waals surface area contributed by atoms with Crippen LogP contribution in [0.4, 0.5) is 4.79 Å². The lowest BCUT2D eigenvalue weighted by Crippen LogP contribution is -2.41. The van der Waals surface area contributed by atoms with Crippen LogP contribution < -0.4 is 5.32 Å². The van der Waals surface area contributed by atoms with Gasteiger partial charge >= 0.3 is 12.1 Å². The van der Waals surface area contributed by atoms with Crippen molar-refractivity contribution in [2.24, 2.45) is 5.92 Å². The number of carboxylic acid groups (broad SMARTS) is 1. The van der Waals surface area contributed by atoms with Gasteiger partial charge in [-0.25, -0.2) is 9.59 Å². The highest BCUT2D eigenvalue weighted by molar-refractivity contribution is 5.79. The molecule has 5 heteroatoms. The molecule has 2 N–H and O–H groups in total. The first kappa shape index (κ1) is 15.7. The molecule has 1 unspecified atom stereocenters. The molecule has 0 aromatic heterocycles. The van der Waals surface area contributed by atoms with Crippen LogP contribution in [0.5, 0.6) is 0 Å². The molecule has 0 aliphatic rings. The van der Waals surface area contributed by atoms with Gasteiger partial charge < -0.3 is 15.2 Å². The topological polar surface area (TPSA) is 75.6 Å². The highest BCUT2D eigenvalue weighted by Crippen LogP contribution is 2.04. The molecular formula is C12H23NO4. The maximum atomic E-state index is 11.3. The van der Waals surface area contributed by atoms with Gasteiger partial charge in [-0.15, -0.1) is 0 Å². The summed E-state index contributed by atoms with van der Waals surface area (Å²) in [6.07, 6.45) is 2.57. The molecule has 17 heavy (non-hydrogen) atoms. The molecule has 0 aromatic carbocycles. The van der Waals surface area contributed by atoms with Crippen molar-refractivity contribution in [3.05, 3.63) is 0 Å². The predicted molar refractivity (Wildman–Crippen MR) is 64.9 cm³/mol. The predicted octanol–water partition coefficient (Wildman–Crippen LogP) is 2.40. The fourth-order valence-electron chi connectivity index (χ4n) is 1.28. The Morgan fingerprint density at radius 2 is 1.94 bits per heavy atom. The Morgan fingerprint density at radius 3 is 2.41 bits per heavy atom. The number of nitrogens with one attached hydrogen (secondary N) is 1. The van der Waals surface area contributed by atoms with E-state index in [0.717, 1.165) is 19.3 Å². The molecule has 5 nitrogen and oxygen atoms in total. The third kappa shape index (κ3) is 8.54. The standard InChI is InChI=1S/C12H23NO4/c1-4-5-6-7-10(11(14)15)13-12(16)17-8-9(2)3/h9-10H,4-8H2,1-3H3,(H,13,16)(H,14,15). The van der Waals surface area contributed by atoms with Crippen LogP contribution in [0.3, 0.4) is 0 Å². The van der Waals surface area contributed by atoms with Gasteiger partial charge in [0.1, 0.15) is 6.04 Å². The van der Waals surface area contributed by atoms with Gasteiger partial charge in [0, 0.05) is 0 Å². The van der Waals surface area contributed by atoms with E-state index in [1.807, 2.05) is 20.8 Å². The van der Waals surface area contributed by atoms with E-state index in [4.69, 9.17) is 9.84 Å². The summed E-state index contributed by atoms with van der Waals surface area (Å²) in [5.74, 6) is -0.772. The van der Waals surface area contributed by atoms with Crippen molar-refractivity contribution in [3.8, 4) is 0 Å². The minimum absolute atomic E-state index is 0.240. The summed E-state index contributed by atoms with van der Waals surface area (Å²) in [4.78, 5) is 22.2. The van der Waals surface area contributed by atoms with Crippen molar-refractivity contribution >= 4 is 12.1 Å². The number of carbonyl (C=O) groups excluding carboxylic acids is 1. The second kappa shape index (κ2) is 8.84. The summed E-state index contributed by atoms with van der Waals surface area (Å²) in [5, 5.41) is 11.3. The molecule has 0 radical (unpaired) electrons. The van der Waals surface area contributed by atoms with Gasteiger partial charge in [-0.3, -0.25) is 0 Å². The van der Waals surface area contributed by atoms with Crippen molar-refractivity contribution in [2.45, 2.75) is 52.5 Å². The van der Waals surface area contributed by atoms with Gasteiger partial charge in [0.05, 0.1) is 6.61 Å². The monoisotopic (exact) mass is 245 g/mol. The van der Waals surface area contributed by atoms with Gasteiger partial charge in [0.2, 0.25) is 0 Å². The molecule has 0 aromatic rings. The average molecular weight is 245 g/mol. The minimum Gasteiger partial charge on any atom is -0.480 e. The largest absolute Gasteiger partial charge is 0.480 e. The molecule has 0 spiro atoms. The number of alkyl carbamates (subject to hydrolysis) is 1. The van der Waals surface area contributed by atoms with Gasteiger partial charge in [0.15, 0.2) is 0 Å². The number of amides is 1. The lowest BCUT2D eigenvalue weighted by Gasteiger charge is -2.15. The number of ether oxygens (including phenoxy) is 1. The zero-order valence-corrected chi connectivity index (χ0v) is 10.9. The SMILES string of the molecule is CCCCCC(NC(=O)OCC(C)C)C(=O)O. The number of rotatable bonds is 8. The Kier molecular flexibility index (Phi) is 8.19. The van der Waals surface area contributed by atoms with Gasteiger partial charge in [-0.2, -0.15) is 0 Å². The van der Waals surface area contributed by atoms with E-state index < -0.39 is 18.1 Å². The number of hydrogen-bond acceptors (Lipinski definition) is 3. The Morgan fingerprint density at radius 1 is 1.29 bits per heavy atom. The molecule has 100 valence electrons. The summed E-state index contributed by atoms with van der Waals surface area (Å²) in [7, 11) is 0. The second-order valence-electron chi connectivity index (χ2n) is 4.52. The fourth-order valence-corrected chi connectivity index (χ4v) is 1.28. The maximum Gasteiger partial charge on any atom is 0.407 e. The molecule has 1 atom stereocenters. The van der Waals surface area contributed by atoms with Gasteiger partial charge in [-0.1, -0.05) is 40.0 Å². The van der Waals surface area contributed by atoms with Gasteiger partial charge in [-0.05, 0) is 12.3 Å². The molecule has 0 rings (SSSR count). The number of hydrogen-bond donors (Lipinski definition) is 2. The van der Waals surface area contributed by atoms with E-state index in [0.29, 0.717) is 13.0 Å². The number of carboxylic acids is 1. The first-order valence-corrected chi connectivity index (χ1v) is 6.13. The van der Waals surface area contributed by atoms with E-state index >= 15 is 0 Å². The molecule has 0 aliphatic heterocycles. The Balaban J connectivity index is 3.98. The molecule has 0 heterocycles. The second-order valence-corrected chi connectivity index (χ2v) is 4.52. The number of carbonyl (C=O) groups is 2. The fraction of sp³-hybridized carbons (Fsp3) is 0.833. The zero-order chi connectivity index (χ0) is 13.3. The Bertz CT molecular complexity index is 241. The zero-order valence-electron chi connectivity index (χ0n) is 10.9. The van der Waals surface area contributed by atoms with E-state index in [9.17, 15) is 9.59 Å². The minimum atomic E-state index is -1.01. The summed E-state index contributed by atoms with van der Waals surface area (Å²) >= 11 is 0. The van der Waals surface area contributed by atoms with Crippen molar-refractivity contribution in [2.75, 3.05) is 6.61 Å². The lowest BCUT2D eigenvalue weighted by atomic mass is 10.1. The highest BCUT2D eigenvalue weighted by atomic mass is 16.5. The first-order chi connectivity index (χ1) is 7.97. The highest BCUT2D eigenvalue weighted by Gasteiger charge is 2.19. The summed E-state index contributed by atoms with van der Waals surface area (Å²) in [5.41, 5.74) is 0. The van der Waals surface area contributed by atoms with Crippen LogP contribution in [0.1, 0.15) is 46.5 Å². The third-order valence-corrected chi connectivity index (χ3v) is 2.23. The number of aliphatic carboxylic acids is 1. The number of unbranched alkanes of at least 4 members (excludes halogenated alkanes) is 2. The van der Waals surface area contributed by atoms with E-state index in [-0.39, 0.29) is 5.92 Å². The van der Waals surface area contributed by atoms with Crippen molar-refractivity contribution < 1.29 is 19.4 Å². The molecule has 0 aliphatic carbocycles. The summed E-state index contributed by atoms with van der Waals surface area (Å²) in [6, 6.07) is -0.846. The first-order valence-electron chi connectivity index (χ1n) is 6.13. The van der Waals surface area contributed by atoms with Crippen LogP contribution in [-0.2, 0) is 9.53 Å². The van der Waals surface area contributed by atoms with Gasteiger partial charge in [0.25, 0.3) is 0 Å². The van der Waals surface area contributed by atoms with Crippen LogP contribution in [0.15, 0.2) is 0 Å². The van der Waals surface area contributed by atoms with E-state index in [2.05, 4.69) is 5.32 Å². The van der Waals surface area contributed by atoms with Crippen LogP contribution in [-0.4, -0.2) is 29.8 Å². The van der Waals surface area contributed by atoms with Crippen LogP contribution in [0.25, 0.3) is 0 Å². The van der Waals surface area contributed by atoms with Crippen LogP contribution in [0.2, 0.25) is 0 Å². The van der Waals surface area contributed by atoms with Crippen molar-refractivity contribution in [3.63, 3.8) is 0 Å². The molecule has 0 saturated carbocycles. The average Bonchev–Trinajstić information content (AvgIpc) is 2.25. The molecule has 0 saturated heterocycles.